The van der Waals surface area contributed by atoms with Gasteiger partial charge in [-0.1, -0.05) is 26.0 Å². The second kappa shape index (κ2) is 8.11. The van der Waals surface area contributed by atoms with Crippen LogP contribution in [-0.2, 0) is 6.18 Å². The summed E-state index contributed by atoms with van der Waals surface area (Å²) in [6.45, 7) is 6.04. The largest absolute Gasteiger partial charge is 0.416 e. The van der Waals surface area contributed by atoms with Crippen molar-refractivity contribution >= 4 is 22.6 Å². The summed E-state index contributed by atoms with van der Waals surface area (Å²) in [5, 5.41) is 10.9. The van der Waals surface area contributed by atoms with Crippen molar-refractivity contribution in [2.75, 3.05) is 5.32 Å². The first kappa shape index (κ1) is 21.5. The van der Waals surface area contributed by atoms with Gasteiger partial charge in [0.15, 0.2) is 5.65 Å². The summed E-state index contributed by atoms with van der Waals surface area (Å²) in [7, 11) is 0. The minimum absolute atomic E-state index is 0.0693. The van der Waals surface area contributed by atoms with Gasteiger partial charge in [0.1, 0.15) is 0 Å². The van der Waals surface area contributed by atoms with Crippen LogP contribution in [0.3, 0.4) is 0 Å². The number of benzene rings is 2. The number of aromatic amines is 1. The van der Waals surface area contributed by atoms with Crippen LogP contribution >= 0.6 is 0 Å². The molecule has 2 aromatic carbocycles. The van der Waals surface area contributed by atoms with Gasteiger partial charge in [0.05, 0.1) is 17.0 Å². The average molecular weight is 438 g/mol. The van der Waals surface area contributed by atoms with Gasteiger partial charge in [0.25, 0.3) is 5.91 Å². The van der Waals surface area contributed by atoms with E-state index in [2.05, 4.69) is 34.3 Å². The molecule has 2 heterocycles. The minimum Gasteiger partial charge on any atom is -0.322 e. The summed E-state index contributed by atoms with van der Waals surface area (Å²) in [5.41, 5.74) is 3.58. The first-order valence-corrected chi connectivity index (χ1v) is 10.1. The molecule has 0 saturated carbocycles. The highest BCUT2D eigenvalue weighted by Gasteiger charge is 2.30. The van der Waals surface area contributed by atoms with Gasteiger partial charge in [-0.15, -0.1) is 0 Å². The van der Waals surface area contributed by atoms with Gasteiger partial charge >= 0.3 is 6.18 Å². The highest BCUT2D eigenvalue weighted by molar-refractivity contribution is 6.04. The topological polar surface area (TPSA) is 70.7 Å². The molecule has 0 aliphatic rings. The number of pyridine rings is 1. The Balaban J connectivity index is 1.63. The number of fused-ring (bicyclic) bond motifs is 1. The zero-order chi connectivity index (χ0) is 23.0. The van der Waals surface area contributed by atoms with Crippen LogP contribution in [0.15, 0.2) is 54.6 Å². The molecule has 32 heavy (non-hydrogen) atoms. The number of alkyl halides is 3. The normalized spacial score (nSPS) is 11.8. The van der Waals surface area contributed by atoms with Gasteiger partial charge in [-0.25, -0.2) is 4.98 Å². The Morgan fingerprint density at radius 1 is 1.06 bits per heavy atom. The Morgan fingerprint density at radius 3 is 2.56 bits per heavy atom. The molecule has 0 aliphatic carbocycles. The fourth-order valence-electron chi connectivity index (χ4n) is 3.53. The van der Waals surface area contributed by atoms with E-state index in [-0.39, 0.29) is 11.5 Å². The molecular weight excluding hydrogens is 417 g/mol. The number of carbonyl (C=O) groups is 1. The van der Waals surface area contributed by atoms with E-state index in [4.69, 9.17) is 0 Å². The number of aromatic nitrogens is 3. The van der Waals surface area contributed by atoms with E-state index < -0.39 is 17.6 Å². The molecular formula is C24H21F3N4O. The second-order valence-corrected chi connectivity index (χ2v) is 7.92. The van der Waals surface area contributed by atoms with Gasteiger partial charge in [0.2, 0.25) is 0 Å². The van der Waals surface area contributed by atoms with Crippen molar-refractivity contribution in [3.63, 3.8) is 0 Å². The fourth-order valence-corrected chi connectivity index (χ4v) is 3.53. The Bertz CT molecular complexity index is 1310. The molecule has 0 radical (unpaired) electrons. The van der Waals surface area contributed by atoms with Crippen LogP contribution in [-0.4, -0.2) is 21.1 Å². The third-order valence-corrected chi connectivity index (χ3v) is 5.22. The van der Waals surface area contributed by atoms with E-state index in [1.54, 1.807) is 12.1 Å². The lowest BCUT2D eigenvalue weighted by molar-refractivity contribution is -0.137. The van der Waals surface area contributed by atoms with Gasteiger partial charge in [-0.2, -0.15) is 18.3 Å². The van der Waals surface area contributed by atoms with Crippen molar-refractivity contribution in [2.45, 2.75) is 32.9 Å². The van der Waals surface area contributed by atoms with Crippen LogP contribution < -0.4 is 5.32 Å². The Morgan fingerprint density at radius 2 is 1.84 bits per heavy atom. The number of rotatable bonds is 4. The predicted octanol–water partition coefficient (Wildman–Crippen LogP) is 6.33. The molecule has 5 nitrogen and oxygen atoms in total. The van der Waals surface area contributed by atoms with Crippen LogP contribution in [0, 0.1) is 6.92 Å². The van der Waals surface area contributed by atoms with Crippen molar-refractivity contribution in [2.24, 2.45) is 0 Å². The maximum absolute atomic E-state index is 13.0. The van der Waals surface area contributed by atoms with Crippen LogP contribution in [0.5, 0.6) is 0 Å². The Hall–Kier alpha value is -3.68. The smallest absolute Gasteiger partial charge is 0.322 e. The quantitative estimate of drug-likeness (QED) is 0.391. The maximum Gasteiger partial charge on any atom is 0.416 e. The summed E-state index contributed by atoms with van der Waals surface area (Å²) in [5.74, 6) is -0.364. The molecule has 0 unspecified atom stereocenters. The number of aryl methyl sites for hydroxylation is 1. The number of nitrogens with zero attached hydrogens (tertiary/aromatic N) is 2. The fraction of sp³-hybridized carbons (Fsp3) is 0.208. The average Bonchev–Trinajstić information content (AvgIpc) is 3.18. The van der Waals surface area contributed by atoms with Crippen LogP contribution in [0.4, 0.5) is 18.9 Å². The number of nitrogens with one attached hydrogen (secondary N) is 2. The molecule has 0 atom stereocenters. The molecule has 164 valence electrons. The van der Waals surface area contributed by atoms with Crippen molar-refractivity contribution in [3.05, 3.63) is 77.0 Å². The monoisotopic (exact) mass is 438 g/mol. The lowest BCUT2D eigenvalue weighted by Crippen LogP contribution is -2.14. The lowest BCUT2D eigenvalue weighted by Gasteiger charge is -2.12. The predicted molar refractivity (Wildman–Crippen MR) is 118 cm³/mol. The summed E-state index contributed by atoms with van der Waals surface area (Å²) in [4.78, 5) is 17.2. The molecule has 0 fully saturated rings. The molecule has 0 saturated heterocycles. The van der Waals surface area contributed by atoms with Gasteiger partial charge in [0, 0.05) is 22.2 Å². The lowest BCUT2D eigenvalue weighted by atomic mass is 10.0. The number of hydrogen-bond acceptors (Lipinski definition) is 3. The third-order valence-electron chi connectivity index (χ3n) is 5.22. The molecule has 1 amide bonds. The molecule has 2 N–H and O–H groups in total. The van der Waals surface area contributed by atoms with Crippen LogP contribution in [0.2, 0.25) is 0 Å². The molecule has 2 aromatic heterocycles. The number of anilines is 1. The number of halogens is 3. The molecule has 0 bridgehead atoms. The van der Waals surface area contributed by atoms with Gasteiger partial charge in [-0.05, 0) is 60.9 Å². The van der Waals surface area contributed by atoms with Crippen molar-refractivity contribution in [1.82, 2.24) is 15.2 Å². The van der Waals surface area contributed by atoms with E-state index in [1.807, 2.05) is 25.1 Å². The van der Waals surface area contributed by atoms with Crippen molar-refractivity contribution < 1.29 is 18.0 Å². The SMILES string of the molecule is Cc1ccc(NC(=O)c2cccc(C(F)(F)F)c2)cc1-c1ccc2c(C(C)C)n[nH]c2n1. The summed E-state index contributed by atoms with van der Waals surface area (Å²) in [6, 6.07) is 13.5. The zero-order valence-corrected chi connectivity index (χ0v) is 17.7. The van der Waals surface area contributed by atoms with E-state index >= 15 is 0 Å². The first-order chi connectivity index (χ1) is 15.1. The molecule has 0 spiro atoms. The number of amides is 1. The summed E-state index contributed by atoms with van der Waals surface area (Å²) in [6.07, 6.45) is -4.51. The van der Waals surface area contributed by atoms with Crippen molar-refractivity contribution in [1.29, 1.82) is 0 Å². The van der Waals surface area contributed by atoms with Crippen LogP contribution in [0.1, 0.15) is 46.9 Å². The minimum atomic E-state index is -4.51. The number of H-pyrrole nitrogens is 1. The van der Waals surface area contributed by atoms with E-state index in [9.17, 15) is 18.0 Å². The van der Waals surface area contributed by atoms with E-state index in [1.165, 1.54) is 12.1 Å². The molecule has 0 aliphatic heterocycles. The second-order valence-electron chi connectivity index (χ2n) is 7.92. The highest BCUT2D eigenvalue weighted by Crippen LogP contribution is 2.31. The molecule has 4 rings (SSSR count). The zero-order valence-electron chi connectivity index (χ0n) is 17.7. The van der Waals surface area contributed by atoms with Crippen LogP contribution in [0.25, 0.3) is 22.3 Å². The first-order valence-electron chi connectivity index (χ1n) is 10.1. The number of carbonyl (C=O) groups excluding carboxylic acids is 1. The molecule has 8 heteroatoms. The highest BCUT2D eigenvalue weighted by atomic mass is 19.4. The third kappa shape index (κ3) is 4.21. The number of hydrogen-bond donors (Lipinski definition) is 2. The Kier molecular flexibility index (Phi) is 5.46. The van der Waals surface area contributed by atoms with E-state index in [0.717, 1.165) is 34.3 Å². The van der Waals surface area contributed by atoms with Gasteiger partial charge < -0.3 is 5.32 Å². The maximum atomic E-state index is 13.0. The van der Waals surface area contributed by atoms with Gasteiger partial charge in [-0.3, -0.25) is 9.89 Å². The van der Waals surface area contributed by atoms with Crippen molar-refractivity contribution in [3.8, 4) is 11.3 Å². The molecule has 4 aromatic rings. The Labute approximate surface area is 182 Å². The standard InChI is InChI=1S/C24H21F3N4O/c1-13(2)21-18-9-10-20(29-22(18)31-30-21)19-12-17(8-7-14(19)3)28-23(32)15-5-4-6-16(11-15)24(25,26)27/h4-13H,1-3H3,(H,28,32)(H,29,30,31). The summed E-state index contributed by atoms with van der Waals surface area (Å²) < 4.78 is 38.9. The van der Waals surface area contributed by atoms with E-state index in [0.29, 0.717) is 17.0 Å². The summed E-state index contributed by atoms with van der Waals surface area (Å²) >= 11 is 0.